The molecule has 174 valence electrons. The molecule has 2 heterocycles. The van der Waals surface area contributed by atoms with E-state index >= 15 is 0 Å². The number of carbonyl (C=O) groups excluding carboxylic acids is 1. The summed E-state index contributed by atoms with van der Waals surface area (Å²) in [4.78, 5) is 17.3. The Hall–Kier alpha value is -3.48. The first kappa shape index (κ1) is 22.7. The maximum absolute atomic E-state index is 14.7. The second kappa shape index (κ2) is 8.14. The average molecular weight is 474 g/mol. The van der Waals surface area contributed by atoms with Gasteiger partial charge in [0.2, 0.25) is 5.82 Å². The first-order chi connectivity index (χ1) is 15.6. The Balaban J connectivity index is 1.80. The lowest BCUT2D eigenvalue weighted by Crippen LogP contribution is -2.47. The molecule has 1 aliphatic rings. The van der Waals surface area contributed by atoms with Gasteiger partial charge in [0.25, 0.3) is 5.91 Å². The summed E-state index contributed by atoms with van der Waals surface area (Å²) in [5.74, 6) is -15.1. The van der Waals surface area contributed by atoms with Crippen LogP contribution in [0.4, 0.5) is 30.7 Å². The van der Waals surface area contributed by atoms with E-state index in [1.165, 1.54) is 17.9 Å². The zero-order valence-electron chi connectivity index (χ0n) is 16.6. The third kappa shape index (κ3) is 3.52. The van der Waals surface area contributed by atoms with E-state index in [4.69, 9.17) is 4.74 Å². The summed E-state index contributed by atoms with van der Waals surface area (Å²) in [6, 6.07) is 1.34. The number of hydrogen-bond acceptors (Lipinski definition) is 4. The molecule has 0 bridgehead atoms. The van der Waals surface area contributed by atoms with Gasteiger partial charge in [-0.3, -0.25) is 4.79 Å². The number of ether oxygens (including phenoxy) is 1. The molecule has 1 fully saturated rings. The number of hydrogen-bond donors (Lipinski definition) is 0. The van der Waals surface area contributed by atoms with Gasteiger partial charge >= 0.3 is 0 Å². The summed E-state index contributed by atoms with van der Waals surface area (Å²) in [6.07, 6.45) is 2.40. The monoisotopic (exact) mass is 474 g/mol. The Kier molecular flexibility index (Phi) is 5.60. The van der Waals surface area contributed by atoms with Gasteiger partial charge in [0, 0.05) is 11.6 Å². The molecule has 0 N–H and O–H groups in total. The van der Waals surface area contributed by atoms with Gasteiger partial charge in [0.15, 0.2) is 23.3 Å². The Labute approximate surface area is 181 Å². The van der Waals surface area contributed by atoms with Crippen LogP contribution < -0.4 is 0 Å². The topological polar surface area (TPSA) is 60.2 Å². The van der Waals surface area contributed by atoms with Gasteiger partial charge in [0.1, 0.15) is 42.2 Å². The molecular formula is C20H13F7N4O2. The highest BCUT2D eigenvalue weighted by molar-refractivity contribution is 5.95. The standard InChI is InChI=1S/C20H13F7N4O2/c1-9-20(5-30-7-28-6-29-30,11-3-2-10(21)4-12(11)22)33-8-31(9)19(32)13-14(23)16(25)18(27)17(26)15(13)24/h2-4,6-7,9H,5,8H2,1H3/t9-,20-/m1/s1. The van der Waals surface area contributed by atoms with Crippen LogP contribution >= 0.6 is 0 Å². The van der Waals surface area contributed by atoms with Crippen molar-refractivity contribution < 1.29 is 40.3 Å². The minimum Gasteiger partial charge on any atom is -0.346 e. The molecule has 0 unspecified atom stereocenters. The number of benzene rings is 2. The lowest BCUT2D eigenvalue weighted by atomic mass is 9.86. The van der Waals surface area contributed by atoms with E-state index in [0.717, 1.165) is 18.5 Å². The number of amides is 1. The van der Waals surface area contributed by atoms with Gasteiger partial charge in [-0.1, -0.05) is 6.07 Å². The molecule has 1 aliphatic heterocycles. The highest BCUT2D eigenvalue weighted by atomic mass is 19.2. The van der Waals surface area contributed by atoms with Gasteiger partial charge in [0.05, 0.1) is 12.6 Å². The van der Waals surface area contributed by atoms with Crippen molar-refractivity contribution in [1.29, 1.82) is 0 Å². The number of aromatic nitrogens is 3. The van der Waals surface area contributed by atoms with E-state index in [1.54, 1.807) is 0 Å². The van der Waals surface area contributed by atoms with Crippen molar-refractivity contribution >= 4 is 5.91 Å². The first-order valence-electron chi connectivity index (χ1n) is 9.32. The third-order valence-corrected chi connectivity index (χ3v) is 5.54. The van der Waals surface area contributed by atoms with Crippen LogP contribution in [0.2, 0.25) is 0 Å². The van der Waals surface area contributed by atoms with E-state index in [1.807, 2.05) is 0 Å². The van der Waals surface area contributed by atoms with Crippen LogP contribution in [0.25, 0.3) is 0 Å². The Bertz CT molecular complexity index is 1210. The van der Waals surface area contributed by atoms with Crippen LogP contribution in [0.15, 0.2) is 30.9 Å². The molecule has 2 atom stereocenters. The van der Waals surface area contributed by atoms with Crippen LogP contribution in [-0.2, 0) is 16.9 Å². The van der Waals surface area contributed by atoms with Crippen molar-refractivity contribution in [1.82, 2.24) is 19.7 Å². The van der Waals surface area contributed by atoms with Gasteiger partial charge in [-0.2, -0.15) is 5.10 Å². The van der Waals surface area contributed by atoms with Gasteiger partial charge in [-0.15, -0.1) is 0 Å². The molecule has 0 spiro atoms. The summed E-state index contributed by atoms with van der Waals surface area (Å²) in [6.45, 7) is 0.333. The van der Waals surface area contributed by atoms with E-state index in [2.05, 4.69) is 10.1 Å². The molecule has 4 rings (SSSR count). The SMILES string of the molecule is C[C@H]1N(C(=O)c2c(F)c(F)c(F)c(F)c2F)CO[C@@]1(Cn1cncn1)c1ccc(F)cc1F. The van der Waals surface area contributed by atoms with Crippen molar-refractivity contribution in [2.24, 2.45) is 0 Å². The van der Waals surface area contributed by atoms with Crippen LogP contribution in [0, 0.1) is 40.7 Å². The van der Waals surface area contributed by atoms with E-state index < -0.39 is 70.6 Å². The lowest BCUT2D eigenvalue weighted by molar-refractivity contribution is -0.0274. The smallest absolute Gasteiger partial charge is 0.262 e. The maximum Gasteiger partial charge on any atom is 0.262 e. The highest BCUT2D eigenvalue weighted by Gasteiger charge is 2.52. The van der Waals surface area contributed by atoms with Crippen molar-refractivity contribution in [3.05, 3.63) is 82.7 Å². The third-order valence-electron chi connectivity index (χ3n) is 5.54. The van der Waals surface area contributed by atoms with Crippen molar-refractivity contribution in [2.45, 2.75) is 25.1 Å². The summed E-state index contributed by atoms with van der Waals surface area (Å²) in [5, 5.41) is 3.89. The normalized spacial score (nSPS) is 20.5. The molecule has 1 saturated heterocycles. The fraction of sp³-hybridized carbons (Fsp3) is 0.250. The molecule has 0 aliphatic carbocycles. The van der Waals surface area contributed by atoms with E-state index in [0.29, 0.717) is 11.0 Å². The predicted molar refractivity (Wildman–Crippen MR) is 95.9 cm³/mol. The Morgan fingerprint density at radius 3 is 2.27 bits per heavy atom. The first-order valence-corrected chi connectivity index (χ1v) is 9.32. The maximum atomic E-state index is 14.7. The quantitative estimate of drug-likeness (QED) is 0.329. The molecule has 6 nitrogen and oxygen atoms in total. The predicted octanol–water partition coefficient (Wildman–Crippen LogP) is 3.67. The van der Waals surface area contributed by atoms with Crippen LogP contribution in [0.3, 0.4) is 0 Å². The number of carbonyl (C=O) groups is 1. The molecule has 1 aromatic heterocycles. The average Bonchev–Trinajstić information content (AvgIpc) is 3.39. The van der Waals surface area contributed by atoms with Gasteiger partial charge in [-0.05, 0) is 13.0 Å². The summed E-state index contributed by atoms with van der Waals surface area (Å²) < 4.78 is 104. The van der Waals surface area contributed by atoms with E-state index in [-0.39, 0.29) is 12.1 Å². The number of rotatable bonds is 4. The molecule has 2 aromatic carbocycles. The zero-order chi connectivity index (χ0) is 24.1. The molecule has 0 saturated carbocycles. The van der Waals surface area contributed by atoms with Crippen LogP contribution in [0.1, 0.15) is 22.8 Å². The largest absolute Gasteiger partial charge is 0.346 e. The van der Waals surface area contributed by atoms with Crippen molar-refractivity contribution in [3.63, 3.8) is 0 Å². The Morgan fingerprint density at radius 2 is 1.70 bits per heavy atom. The minimum atomic E-state index is -2.42. The molecule has 0 radical (unpaired) electrons. The number of nitrogens with zero attached hydrogens (tertiary/aromatic N) is 4. The molecule has 33 heavy (non-hydrogen) atoms. The van der Waals surface area contributed by atoms with Crippen LogP contribution in [0.5, 0.6) is 0 Å². The van der Waals surface area contributed by atoms with Gasteiger partial charge in [-0.25, -0.2) is 40.4 Å². The van der Waals surface area contributed by atoms with E-state index in [9.17, 15) is 35.5 Å². The van der Waals surface area contributed by atoms with Gasteiger partial charge < -0.3 is 9.64 Å². The zero-order valence-corrected chi connectivity index (χ0v) is 16.6. The highest BCUT2D eigenvalue weighted by Crippen LogP contribution is 2.41. The lowest BCUT2D eigenvalue weighted by Gasteiger charge is -2.34. The molecule has 13 heteroatoms. The fourth-order valence-corrected chi connectivity index (χ4v) is 3.79. The Morgan fingerprint density at radius 1 is 1.06 bits per heavy atom. The van der Waals surface area contributed by atoms with Crippen LogP contribution in [-0.4, -0.2) is 38.3 Å². The summed E-state index contributed by atoms with van der Waals surface area (Å²) >= 11 is 0. The fourth-order valence-electron chi connectivity index (χ4n) is 3.79. The molecule has 3 aromatic rings. The second-order valence-corrected chi connectivity index (χ2v) is 7.28. The molecular weight excluding hydrogens is 461 g/mol. The second-order valence-electron chi connectivity index (χ2n) is 7.28. The van der Waals surface area contributed by atoms with Crippen molar-refractivity contribution in [2.75, 3.05) is 6.73 Å². The summed E-state index contributed by atoms with van der Waals surface area (Å²) in [5.41, 5.74) is -3.68. The number of halogens is 7. The summed E-state index contributed by atoms with van der Waals surface area (Å²) in [7, 11) is 0. The van der Waals surface area contributed by atoms with Crippen molar-refractivity contribution in [3.8, 4) is 0 Å². The minimum absolute atomic E-state index is 0.223. The molecule has 1 amide bonds.